The second kappa shape index (κ2) is 7.19. The number of hydrogen-bond donors (Lipinski definition) is 0. The van der Waals surface area contributed by atoms with Crippen molar-refractivity contribution in [1.29, 1.82) is 0 Å². The maximum atomic E-state index is 13.1. The molecule has 1 heterocycles. The van der Waals surface area contributed by atoms with Crippen LogP contribution < -0.4 is 5.01 Å². The van der Waals surface area contributed by atoms with Crippen LogP contribution in [0.25, 0.3) is 0 Å². The van der Waals surface area contributed by atoms with Crippen molar-refractivity contribution in [3.63, 3.8) is 0 Å². The summed E-state index contributed by atoms with van der Waals surface area (Å²) in [6.45, 7) is 5.49. The zero-order chi connectivity index (χ0) is 17.7. The van der Waals surface area contributed by atoms with Crippen molar-refractivity contribution in [1.82, 2.24) is 0 Å². The Morgan fingerprint density at radius 2 is 1.80 bits per heavy atom. The highest BCUT2D eigenvalue weighted by molar-refractivity contribution is 6.21. The molecular weight excluding hydrogens is 316 g/mol. The topological polar surface area (TPSA) is 66.6 Å². The number of benzene rings is 2. The molecule has 0 spiro atoms. The van der Waals surface area contributed by atoms with E-state index in [1.54, 1.807) is 37.3 Å². The molecule has 0 radical (unpaired) electrons. The van der Waals surface area contributed by atoms with Gasteiger partial charge in [0, 0.05) is 0 Å². The molecule has 0 aliphatic carbocycles. The lowest BCUT2D eigenvalue weighted by Gasteiger charge is -2.22. The summed E-state index contributed by atoms with van der Waals surface area (Å²) in [6, 6.07) is 18.3. The van der Waals surface area contributed by atoms with E-state index in [1.165, 1.54) is 5.01 Å². The fourth-order valence-electron chi connectivity index (χ4n) is 2.42. The van der Waals surface area contributed by atoms with E-state index < -0.39 is 11.6 Å². The van der Waals surface area contributed by atoms with E-state index in [2.05, 4.69) is 21.9 Å². The van der Waals surface area contributed by atoms with Crippen molar-refractivity contribution in [3.05, 3.63) is 73.3 Å². The first kappa shape index (κ1) is 16.7. The Bertz CT molecular complexity index is 818. The van der Waals surface area contributed by atoms with Gasteiger partial charge in [0.2, 0.25) is 0 Å². The summed E-state index contributed by atoms with van der Waals surface area (Å²) in [5, 5.41) is 14.1. The normalized spacial score (nSPS) is 20.1. The first-order valence-electron chi connectivity index (χ1n) is 7.85. The van der Waals surface area contributed by atoms with E-state index in [9.17, 15) is 4.79 Å². The summed E-state index contributed by atoms with van der Waals surface area (Å²) in [5.41, 5.74) is 0.108. The van der Waals surface area contributed by atoms with Gasteiger partial charge in [0.05, 0.1) is 18.0 Å². The highest BCUT2D eigenvalue weighted by Gasteiger charge is 2.52. The van der Waals surface area contributed by atoms with E-state index in [0.29, 0.717) is 17.1 Å². The average molecular weight is 334 g/mol. The maximum Gasteiger partial charge on any atom is 0.310 e. The molecule has 3 rings (SSSR count). The SMILES string of the molecule is C=CCOC1(N=Nc2ccccc2)C(=O)N(c2ccccc2)N=C1C. The molecular formula is C19H18N4O2. The second-order valence-electron chi connectivity index (χ2n) is 5.42. The van der Waals surface area contributed by atoms with Crippen LogP contribution in [0.2, 0.25) is 0 Å². The monoisotopic (exact) mass is 334 g/mol. The lowest BCUT2D eigenvalue weighted by atomic mass is 10.1. The summed E-state index contributed by atoms with van der Waals surface area (Å²) >= 11 is 0. The van der Waals surface area contributed by atoms with E-state index in [-0.39, 0.29) is 6.61 Å². The number of azo groups is 1. The number of carbonyl (C=O) groups is 1. The number of ether oxygens (including phenoxy) is 1. The number of para-hydroxylation sites is 1. The van der Waals surface area contributed by atoms with Crippen molar-refractivity contribution in [2.24, 2.45) is 15.3 Å². The number of rotatable bonds is 6. The van der Waals surface area contributed by atoms with Crippen molar-refractivity contribution in [2.75, 3.05) is 11.6 Å². The number of anilines is 1. The van der Waals surface area contributed by atoms with Gasteiger partial charge in [-0.25, -0.2) is 0 Å². The Morgan fingerprint density at radius 3 is 2.44 bits per heavy atom. The zero-order valence-electron chi connectivity index (χ0n) is 13.9. The van der Waals surface area contributed by atoms with E-state index in [1.807, 2.05) is 36.4 Å². The van der Waals surface area contributed by atoms with Gasteiger partial charge in [-0.15, -0.1) is 11.7 Å². The minimum absolute atomic E-state index is 0.148. The van der Waals surface area contributed by atoms with E-state index in [0.717, 1.165) is 0 Å². The molecule has 0 saturated heterocycles. The van der Waals surface area contributed by atoms with Crippen LogP contribution >= 0.6 is 0 Å². The van der Waals surface area contributed by atoms with Crippen molar-refractivity contribution in [3.8, 4) is 0 Å². The van der Waals surface area contributed by atoms with Crippen molar-refractivity contribution in [2.45, 2.75) is 12.6 Å². The number of hydrogen-bond acceptors (Lipinski definition) is 5. The van der Waals surface area contributed by atoms with E-state index in [4.69, 9.17) is 4.74 Å². The molecule has 1 amide bonds. The molecule has 2 aromatic carbocycles. The van der Waals surface area contributed by atoms with Crippen LogP contribution in [-0.4, -0.2) is 24.0 Å². The molecule has 2 aromatic rings. The Morgan fingerprint density at radius 1 is 1.16 bits per heavy atom. The van der Waals surface area contributed by atoms with Crippen LogP contribution in [0.4, 0.5) is 11.4 Å². The molecule has 0 aromatic heterocycles. The lowest BCUT2D eigenvalue weighted by Crippen LogP contribution is -2.46. The van der Waals surface area contributed by atoms with Crippen molar-refractivity contribution >= 4 is 23.0 Å². The molecule has 1 atom stereocenters. The summed E-state index contributed by atoms with van der Waals surface area (Å²) in [6.07, 6.45) is 1.56. The number of amides is 1. The van der Waals surface area contributed by atoms with Gasteiger partial charge in [-0.05, 0) is 31.2 Å². The third-order valence-corrected chi connectivity index (χ3v) is 3.70. The van der Waals surface area contributed by atoms with Gasteiger partial charge in [0.15, 0.2) is 0 Å². The first-order chi connectivity index (χ1) is 12.2. The highest BCUT2D eigenvalue weighted by atomic mass is 16.5. The molecule has 6 nitrogen and oxygen atoms in total. The van der Waals surface area contributed by atoms with Gasteiger partial charge in [-0.2, -0.15) is 15.2 Å². The molecule has 126 valence electrons. The summed E-state index contributed by atoms with van der Waals surface area (Å²) in [4.78, 5) is 13.1. The highest BCUT2D eigenvalue weighted by Crippen LogP contribution is 2.31. The Hall–Kier alpha value is -3.12. The smallest absolute Gasteiger partial charge is 0.310 e. The van der Waals surface area contributed by atoms with Crippen LogP contribution in [0.5, 0.6) is 0 Å². The van der Waals surface area contributed by atoms with Gasteiger partial charge in [-0.1, -0.05) is 42.5 Å². The molecule has 0 fully saturated rings. The van der Waals surface area contributed by atoms with Gasteiger partial charge < -0.3 is 4.74 Å². The number of hydrazone groups is 1. The van der Waals surface area contributed by atoms with Gasteiger partial charge in [-0.3, -0.25) is 4.79 Å². The van der Waals surface area contributed by atoms with E-state index >= 15 is 0 Å². The third-order valence-electron chi connectivity index (χ3n) is 3.70. The van der Waals surface area contributed by atoms with Crippen LogP contribution in [0.3, 0.4) is 0 Å². The molecule has 1 aliphatic rings. The molecule has 0 saturated carbocycles. The fraction of sp³-hybridized carbons (Fsp3) is 0.158. The maximum absolute atomic E-state index is 13.1. The Balaban J connectivity index is 1.98. The van der Waals surface area contributed by atoms with Crippen LogP contribution in [0, 0.1) is 0 Å². The largest absolute Gasteiger partial charge is 0.336 e. The van der Waals surface area contributed by atoms with Crippen LogP contribution in [-0.2, 0) is 9.53 Å². The zero-order valence-corrected chi connectivity index (χ0v) is 13.9. The summed E-state index contributed by atoms with van der Waals surface area (Å²) in [7, 11) is 0. The number of nitrogens with zero attached hydrogens (tertiary/aromatic N) is 4. The molecule has 1 aliphatic heterocycles. The summed E-state index contributed by atoms with van der Waals surface area (Å²) in [5.74, 6) is -0.405. The van der Waals surface area contributed by atoms with Gasteiger partial charge >= 0.3 is 11.6 Å². The fourth-order valence-corrected chi connectivity index (χ4v) is 2.42. The van der Waals surface area contributed by atoms with Gasteiger partial charge in [0.1, 0.15) is 5.71 Å². The molecule has 25 heavy (non-hydrogen) atoms. The molecule has 1 unspecified atom stereocenters. The minimum atomic E-state index is -1.58. The standard InChI is InChI=1S/C19H18N4O2/c1-3-14-25-19(22-20-16-10-6-4-7-11-16)15(2)21-23(18(19)24)17-12-8-5-9-13-17/h3-13H,1,14H2,2H3. The third kappa shape index (κ3) is 3.25. The van der Waals surface area contributed by atoms with Gasteiger partial charge in [0.25, 0.3) is 0 Å². The van der Waals surface area contributed by atoms with Crippen LogP contribution in [0.15, 0.2) is 88.6 Å². The van der Waals surface area contributed by atoms with Crippen molar-refractivity contribution < 1.29 is 9.53 Å². The second-order valence-corrected chi connectivity index (χ2v) is 5.42. The molecule has 0 bridgehead atoms. The Labute approximate surface area is 146 Å². The predicted octanol–water partition coefficient (Wildman–Crippen LogP) is 4.09. The lowest BCUT2D eigenvalue weighted by molar-refractivity contribution is -0.133. The molecule has 6 heteroatoms. The predicted molar refractivity (Wildman–Crippen MR) is 96.9 cm³/mol. The quantitative estimate of drug-likeness (QED) is 0.590. The average Bonchev–Trinajstić information content (AvgIpc) is 2.91. The summed E-state index contributed by atoms with van der Waals surface area (Å²) < 4.78 is 5.74. The Kier molecular flexibility index (Phi) is 4.81. The molecule has 0 N–H and O–H groups in total. The first-order valence-corrected chi connectivity index (χ1v) is 7.85. The number of carbonyl (C=O) groups excluding carboxylic acids is 1. The minimum Gasteiger partial charge on any atom is -0.336 e. The van der Waals surface area contributed by atoms with Crippen LogP contribution in [0.1, 0.15) is 6.92 Å².